The molecule has 1 aliphatic rings. The zero-order chi connectivity index (χ0) is 19.2. The quantitative estimate of drug-likeness (QED) is 0.335. The van der Waals surface area contributed by atoms with Crippen molar-refractivity contribution in [2.75, 3.05) is 5.32 Å². The first-order valence-corrected chi connectivity index (χ1v) is 10.4. The molecule has 1 N–H and O–H groups in total. The number of hydrogen-bond donors (Lipinski definition) is 1. The smallest absolute Gasteiger partial charge is 0.127 e. The van der Waals surface area contributed by atoms with Gasteiger partial charge < -0.3 is 5.32 Å². The number of fused-ring (bicyclic) bond motifs is 6. The van der Waals surface area contributed by atoms with Gasteiger partial charge in [-0.1, -0.05) is 66.7 Å². The van der Waals surface area contributed by atoms with Crippen molar-refractivity contribution in [3.8, 4) is 0 Å². The Morgan fingerprint density at radius 1 is 0.690 bits per heavy atom. The van der Waals surface area contributed by atoms with Crippen LogP contribution in [0.3, 0.4) is 0 Å². The summed E-state index contributed by atoms with van der Waals surface area (Å²) in [6.07, 6.45) is 3.49. The van der Waals surface area contributed by atoms with Crippen molar-refractivity contribution in [1.29, 1.82) is 0 Å². The van der Waals surface area contributed by atoms with Crippen LogP contribution < -0.4 is 5.32 Å². The fraction of sp³-hybridized carbons (Fsp3) is 0.148. The van der Waals surface area contributed by atoms with E-state index in [9.17, 15) is 0 Å². The standard InChI is InChI=1S/C27H22N2/c1-3-8-20-18(6-1)12-14-23-21-9-5-11-26(24(21)16-15-22(20)23)29-27-17-13-19-7-2-4-10-25(19)28-27/h1-4,6-8,10,12-17,26H,5,9,11H2,(H,28,29). The maximum Gasteiger partial charge on any atom is 0.127 e. The SMILES string of the molecule is c1ccc2nc(NC3CCCc4c3ccc3c4ccc4ccccc43)ccc2c1. The lowest BCUT2D eigenvalue weighted by atomic mass is 9.83. The summed E-state index contributed by atoms with van der Waals surface area (Å²) >= 11 is 0. The molecule has 1 unspecified atom stereocenters. The highest BCUT2D eigenvalue weighted by molar-refractivity contribution is 6.08. The predicted octanol–water partition coefficient (Wildman–Crippen LogP) is 7.03. The van der Waals surface area contributed by atoms with Crippen molar-refractivity contribution in [2.24, 2.45) is 0 Å². The molecule has 1 heterocycles. The Labute approximate surface area is 170 Å². The van der Waals surface area contributed by atoms with E-state index in [1.165, 1.54) is 44.5 Å². The summed E-state index contributed by atoms with van der Waals surface area (Å²) in [5, 5.41) is 10.3. The molecule has 0 saturated heterocycles. The number of anilines is 1. The second-order valence-electron chi connectivity index (χ2n) is 7.99. The molecule has 4 aromatic carbocycles. The fourth-order valence-electron chi connectivity index (χ4n) is 4.89. The number of benzene rings is 4. The maximum atomic E-state index is 4.83. The Morgan fingerprint density at radius 2 is 1.48 bits per heavy atom. The van der Waals surface area contributed by atoms with Crippen LogP contribution in [0.15, 0.2) is 84.9 Å². The highest BCUT2D eigenvalue weighted by Gasteiger charge is 2.22. The molecule has 0 bridgehead atoms. The van der Waals surface area contributed by atoms with Crippen molar-refractivity contribution in [3.63, 3.8) is 0 Å². The first-order valence-electron chi connectivity index (χ1n) is 10.4. The molecule has 1 aliphatic carbocycles. The Morgan fingerprint density at radius 3 is 2.45 bits per heavy atom. The number of aromatic nitrogens is 1. The average molecular weight is 374 g/mol. The van der Waals surface area contributed by atoms with Crippen LogP contribution in [0.25, 0.3) is 32.4 Å². The molecule has 1 atom stereocenters. The summed E-state index contributed by atoms with van der Waals surface area (Å²) in [5.41, 5.74) is 3.96. The lowest BCUT2D eigenvalue weighted by Crippen LogP contribution is -2.18. The summed E-state index contributed by atoms with van der Waals surface area (Å²) < 4.78 is 0. The van der Waals surface area contributed by atoms with E-state index in [4.69, 9.17) is 4.98 Å². The molecule has 0 saturated carbocycles. The van der Waals surface area contributed by atoms with Crippen LogP contribution in [0.2, 0.25) is 0 Å². The molecule has 1 aromatic heterocycles. The van der Waals surface area contributed by atoms with E-state index in [-0.39, 0.29) is 0 Å². The van der Waals surface area contributed by atoms with E-state index in [2.05, 4.69) is 84.2 Å². The molecular weight excluding hydrogens is 352 g/mol. The maximum absolute atomic E-state index is 4.83. The van der Waals surface area contributed by atoms with Crippen molar-refractivity contribution in [2.45, 2.75) is 25.3 Å². The lowest BCUT2D eigenvalue weighted by molar-refractivity contribution is 0.602. The van der Waals surface area contributed by atoms with Gasteiger partial charge in [0.2, 0.25) is 0 Å². The largest absolute Gasteiger partial charge is 0.363 e. The highest BCUT2D eigenvalue weighted by atomic mass is 15.0. The third-order valence-corrected chi connectivity index (χ3v) is 6.29. The van der Waals surface area contributed by atoms with E-state index in [0.29, 0.717) is 6.04 Å². The second-order valence-corrected chi connectivity index (χ2v) is 7.99. The number of hydrogen-bond acceptors (Lipinski definition) is 2. The molecule has 6 rings (SSSR count). The van der Waals surface area contributed by atoms with Crippen molar-refractivity contribution in [1.82, 2.24) is 4.98 Å². The molecule has 5 aromatic rings. The van der Waals surface area contributed by atoms with Gasteiger partial charge in [-0.3, -0.25) is 0 Å². The van der Waals surface area contributed by atoms with Crippen LogP contribution in [0.5, 0.6) is 0 Å². The molecule has 0 spiro atoms. The van der Waals surface area contributed by atoms with Gasteiger partial charge in [0, 0.05) is 5.39 Å². The van der Waals surface area contributed by atoms with E-state index >= 15 is 0 Å². The van der Waals surface area contributed by atoms with Gasteiger partial charge >= 0.3 is 0 Å². The zero-order valence-corrected chi connectivity index (χ0v) is 16.2. The molecule has 2 nitrogen and oxygen atoms in total. The van der Waals surface area contributed by atoms with Gasteiger partial charge in [-0.2, -0.15) is 0 Å². The third kappa shape index (κ3) is 2.75. The van der Waals surface area contributed by atoms with Crippen LogP contribution >= 0.6 is 0 Å². The van der Waals surface area contributed by atoms with E-state index in [0.717, 1.165) is 24.2 Å². The first kappa shape index (κ1) is 16.6. The Balaban J connectivity index is 1.44. The minimum Gasteiger partial charge on any atom is -0.363 e. The van der Waals surface area contributed by atoms with Crippen LogP contribution in [0.1, 0.15) is 30.0 Å². The lowest BCUT2D eigenvalue weighted by Gasteiger charge is -2.28. The van der Waals surface area contributed by atoms with E-state index in [1.54, 1.807) is 0 Å². The van der Waals surface area contributed by atoms with Crippen LogP contribution in [0.4, 0.5) is 5.82 Å². The van der Waals surface area contributed by atoms with Crippen LogP contribution in [-0.2, 0) is 6.42 Å². The molecule has 0 aliphatic heterocycles. The minimum atomic E-state index is 0.309. The predicted molar refractivity (Wildman–Crippen MR) is 122 cm³/mol. The normalized spacial score (nSPS) is 16.2. The number of aryl methyl sites for hydroxylation is 1. The second kappa shape index (κ2) is 6.59. The summed E-state index contributed by atoms with van der Waals surface area (Å²) in [7, 11) is 0. The Hall–Kier alpha value is -3.39. The van der Waals surface area contributed by atoms with Gasteiger partial charge in [-0.25, -0.2) is 4.98 Å². The average Bonchev–Trinajstić information content (AvgIpc) is 2.79. The summed E-state index contributed by atoms with van der Waals surface area (Å²) in [4.78, 5) is 4.83. The first-order chi connectivity index (χ1) is 14.4. The number of nitrogens with one attached hydrogen (secondary N) is 1. The number of rotatable bonds is 2. The number of para-hydroxylation sites is 1. The molecule has 0 amide bonds. The van der Waals surface area contributed by atoms with Crippen molar-refractivity contribution in [3.05, 3.63) is 96.1 Å². The zero-order valence-electron chi connectivity index (χ0n) is 16.2. The molecule has 140 valence electrons. The van der Waals surface area contributed by atoms with Crippen LogP contribution in [0, 0.1) is 0 Å². The van der Waals surface area contributed by atoms with Gasteiger partial charge in [-0.05, 0) is 70.1 Å². The Kier molecular flexibility index (Phi) is 3.76. The molecule has 2 heteroatoms. The van der Waals surface area contributed by atoms with Gasteiger partial charge in [0.25, 0.3) is 0 Å². The monoisotopic (exact) mass is 374 g/mol. The van der Waals surface area contributed by atoms with Gasteiger partial charge in [0.15, 0.2) is 0 Å². The van der Waals surface area contributed by atoms with E-state index < -0.39 is 0 Å². The summed E-state index contributed by atoms with van der Waals surface area (Å²) in [6.45, 7) is 0. The fourth-order valence-corrected chi connectivity index (χ4v) is 4.89. The summed E-state index contributed by atoms with van der Waals surface area (Å²) in [5.74, 6) is 0.958. The molecular formula is C27H22N2. The summed E-state index contributed by atoms with van der Waals surface area (Å²) in [6, 6.07) is 30.8. The van der Waals surface area contributed by atoms with Crippen LogP contribution in [-0.4, -0.2) is 4.98 Å². The molecule has 0 fully saturated rings. The van der Waals surface area contributed by atoms with Gasteiger partial charge in [0.1, 0.15) is 5.82 Å². The minimum absolute atomic E-state index is 0.309. The van der Waals surface area contributed by atoms with Gasteiger partial charge in [-0.15, -0.1) is 0 Å². The van der Waals surface area contributed by atoms with Gasteiger partial charge in [0.05, 0.1) is 11.6 Å². The van der Waals surface area contributed by atoms with Crippen molar-refractivity contribution < 1.29 is 0 Å². The van der Waals surface area contributed by atoms with E-state index in [1.807, 2.05) is 6.07 Å². The number of pyridine rings is 1. The molecule has 29 heavy (non-hydrogen) atoms. The topological polar surface area (TPSA) is 24.9 Å². The molecule has 0 radical (unpaired) electrons. The number of nitrogens with zero attached hydrogens (tertiary/aromatic N) is 1. The Bertz CT molecular complexity index is 1370. The third-order valence-electron chi connectivity index (χ3n) is 6.29. The highest BCUT2D eigenvalue weighted by Crippen LogP contribution is 2.38. The van der Waals surface area contributed by atoms with Crippen molar-refractivity contribution >= 4 is 38.3 Å².